The molecule has 0 amide bonds. The molecule has 0 aliphatic heterocycles. The third-order valence-corrected chi connectivity index (χ3v) is 1.49. The molecule has 0 heterocycles. The van der Waals surface area contributed by atoms with E-state index in [4.69, 9.17) is 0 Å². The second-order valence-corrected chi connectivity index (χ2v) is 2.53. The first-order valence-electron chi connectivity index (χ1n) is 2.98. The van der Waals surface area contributed by atoms with Gasteiger partial charge in [-0.2, -0.15) is 0 Å². The van der Waals surface area contributed by atoms with E-state index in [9.17, 15) is 4.79 Å². The molecule has 52 valence electrons. The summed E-state index contributed by atoms with van der Waals surface area (Å²) in [4.78, 5) is 10.6. The largest absolute Gasteiger partial charge is 1.00 e. The molecular formula is C8H7KOS. The van der Waals surface area contributed by atoms with Crippen LogP contribution < -0.4 is 51.4 Å². The van der Waals surface area contributed by atoms with E-state index in [1.54, 1.807) is 12.1 Å². The van der Waals surface area contributed by atoms with Gasteiger partial charge in [0, 0.05) is 5.12 Å². The number of aryl methyl sites for hydroxylation is 1. The molecule has 1 aromatic rings. The van der Waals surface area contributed by atoms with Crippen molar-refractivity contribution in [2.75, 3.05) is 0 Å². The normalized spacial score (nSPS) is 8.45. The maximum atomic E-state index is 10.6. The Morgan fingerprint density at radius 3 is 2.45 bits per heavy atom. The molecule has 1 rings (SSSR count). The third-order valence-electron chi connectivity index (χ3n) is 1.25. The van der Waals surface area contributed by atoms with Crippen molar-refractivity contribution in [1.82, 2.24) is 0 Å². The first-order valence-corrected chi connectivity index (χ1v) is 3.39. The Morgan fingerprint density at radius 2 is 2.09 bits per heavy atom. The van der Waals surface area contributed by atoms with Gasteiger partial charge >= 0.3 is 51.4 Å². The van der Waals surface area contributed by atoms with Crippen LogP contribution in [0.4, 0.5) is 0 Å². The van der Waals surface area contributed by atoms with Crippen molar-refractivity contribution >= 4 is 17.7 Å². The van der Waals surface area contributed by atoms with Gasteiger partial charge in [-0.1, -0.05) is 29.8 Å². The van der Waals surface area contributed by atoms with Crippen LogP contribution in [0.3, 0.4) is 0 Å². The van der Waals surface area contributed by atoms with Crippen LogP contribution in [0.1, 0.15) is 15.9 Å². The molecule has 0 unspecified atom stereocenters. The second-order valence-electron chi connectivity index (χ2n) is 2.16. The van der Waals surface area contributed by atoms with Gasteiger partial charge in [0.05, 0.1) is 0 Å². The van der Waals surface area contributed by atoms with E-state index in [1.165, 1.54) is 0 Å². The average Bonchev–Trinajstić information content (AvgIpc) is 1.88. The Labute approximate surface area is 114 Å². The summed E-state index contributed by atoms with van der Waals surface area (Å²) in [5.74, 6) is 0. The molecule has 0 fully saturated rings. The van der Waals surface area contributed by atoms with Crippen molar-refractivity contribution in [3.8, 4) is 0 Å². The Morgan fingerprint density at radius 1 is 1.45 bits per heavy atom. The molecule has 0 saturated carbocycles. The fourth-order valence-electron chi connectivity index (χ4n) is 0.772. The maximum Gasteiger partial charge on any atom is 1.00 e. The van der Waals surface area contributed by atoms with Crippen molar-refractivity contribution in [2.24, 2.45) is 0 Å². The second kappa shape index (κ2) is 5.40. The van der Waals surface area contributed by atoms with Crippen LogP contribution in [-0.2, 0) is 12.6 Å². The molecule has 0 spiro atoms. The van der Waals surface area contributed by atoms with Crippen molar-refractivity contribution < 1.29 is 56.2 Å². The van der Waals surface area contributed by atoms with E-state index in [0.717, 1.165) is 5.56 Å². The SMILES string of the molecule is Cc1cccc(C(=O)[S-])c1.[K+]. The van der Waals surface area contributed by atoms with Crippen molar-refractivity contribution in [3.05, 3.63) is 35.4 Å². The van der Waals surface area contributed by atoms with Crippen LogP contribution in [0.2, 0.25) is 0 Å². The number of hydrogen-bond donors (Lipinski definition) is 0. The predicted molar refractivity (Wildman–Crippen MR) is 42.9 cm³/mol. The Bertz CT molecular complexity index is 260. The zero-order valence-electron chi connectivity index (χ0n) is 6.63. The standard InChI is InChI=1S/C8H8OS.K/c1-6-3-2-4-7(5-6)8(9)10;/h2-5H,1H3,(H,9,10);/q;+1/p-1. The van der Waals surface area contributed by atoms with Gasteiger partial charge in [0.25, 0.3) is 0 Å². The number of benzene rings is 1. The van der Waals surface area contributed by atoms with Crippen molar-refractivity contribution in [2.45, 2.75) is 6.92 Å². The van der Waals surface area contributed by atoms with Crippen LogP contribution in [-0.4, -0.2) is 5.12 Å². The van der Waals surface area contributed by atoms with E-state index in [2.05, 4.69) is 12.6 Å². The molecule has 0 saturated heterocycles. The van der Waals surface area contributed by atoms with Crippen LogP contribution in [0, 0.1) is 6.92 Å². The van der Waals surface area contributed by atoms with E-state index >= 15 is 0 Å². The molecule has 1 aromatic carbocycles. The molecule has 0 N–H and O–H groups in total. The van der Waals surface area contributed by atoms with Gasteiger partial charge in [0.1, 0.15) is 0 Å². The average molecular weight is 190 g/mol. The number of carbonyl (C=O) groups excluding carboxylic acids is 1. The molecule has 0 radical (unpaired) electrons. The Kier molecular flexibility index (Phi) is 5.77. The minimum Gasteiger partial charge on any atom is -0.737 e. The van der Waals surface area contributed by atoms with Crippen LogP contribution in [0.5, 0.6) is 0 Å². The number of carbonyl (C=O) groups is 1. The molecule has 1 nitrogen and oxygen atoms in total. The van der Waals surface area contributed by atoms with E-state index in [1.807, 2.05) is 19.1 Å². The Hall–Kier alpha value is 0.746. The quantitative estimate of drug-likeness (QED) is 0.404. The molecule has 0 aliphatic carbocycles. The van der Waals surface area contributed by atoms with Gasteiger partial charge in [-0.15, -0.1) is 0 Å². The molecule has 0 aliphatic rings. The molecule has 0 bridgehead atoms. The van der Waals surface area contributed by atoms with Gasteiger partial charge in [0.2, 0.25) is 0 Å². The minimum absolute atomic E-state index is 0. The molecule has 11 heavy (non-hydrogen) atoms. The smallest absolute Gasteiger partial charge is 0.737 e. The maximum absolute atomic E-state index is 10.6. The van der Waals surface area contributed by atoms with Gasteiger partial charge in [-0.25, -0.2) is 0 Å². The zero-order valence-corrected chi connectivity index (χ0v) is 10.6. The van der Waals surface area contributed by atoms with Gasteiger partial charge in [-0.3, -0.25) is 0 Å². The summed E-state index contributed by atoms with van der Waals surface area (Å²) >= 11 is 4.47. The molecular weight excluding hydrogens is 183 g/mol. The zero-order chi connectivity index (χ0) is 7.56. The summed E-state index contributed by atoms with van der Waals surface area (Å²) in [6, 6.07) is 7.27. The fourth-order valence-corrected chi connectivity index (χ4v) is 0.899. The van der Waals surface area contributed by atoms with Crippen LogP contribution in [0.25, 0.3) is 0 Å². The third kappa shape index (κ3) is 3.78. The summed E-state index contributed by atoms with van der Waals surface area (Å²) in [6.07, 6.45) is 0. The Balaban J connectivity index is 0.000001000. The van der Waals surface area contributed by atoms with Gasteiger partial charge in [-0.05, 0) is 12.5 Å². The summed E-state index contributed by atoms with van der Waals surface area (Å²) in [6.45, 7) is 1.93. The van der Waals surface area contributed by atoms with Crippen LogP contribution in [0.15, 0.2) is 24.3 Å². The van der Waals surface area contributed by atoms with Crippen molar-refractivity contribution in [1.29, 1.82) is 0 Å². The summed E-state index contributed by atoms with van der Waals surface area (Å²) in [7, 11) is 0. The molecule has 0 atom stereocenters. The predicted octanol–water partition coefficient (Wildman–Crippen LogP) is -1.31. The van der Waals surface area contributed by atoms with E-state index in [-0.39, 0.29) is 56.5 Å². The number of hydrogen-bond acceptors (Lipinski definition) is 2. The van der Waals surface area contributed by atoms with E-state index in [0.29, 0.717) is 5.56 Å². The monoisotopic (exact) mass is 190 g/mol. The first-order chi connectivity index (χ1) is 4.70. The van der Waals surface area contributed by atoms with Gasteiger partial charge in [0.15, 0.2) is 0 Å². The first kappa shape index (κ1) is 11.7. The van der Waals surface area contributed by atoms with Gasteiger partial charge < -0.3 is 17.4 Å². The summed E-state index contributed by atoms with van der Waals surface area (Å²) in [5, 5.41) is -0.288. The molecule has 0 aromatic heterocycles. The molecule has 3 heteroatoms. The minimum atomic E-state index is -0.288. The van der Waals surface area contributed by atoms with Crippen LogP contribution >= 0.6 is 0 Å². The summed E-state index contributed by atoms with van der Waals surface area (Å²) in [5.41, 5.74) is 1.67. The van der Waals surface area contributed by atoms with E-state index < -0.39 is 0 Å². The number of rotatable bonds is 1. The topological polar surface area (TPSA) is 17.1 Å². The summed E-state index contributed by atoms with van der Waals surface area (Å²) < 4.78 is 0. The fraction of sp³-hybridized carbons (Fsp3) is 0.125. The van der Waals surface area contributed by atoms with Crippen molar-refractivity contribution in [3.63, 3.8) is 0 Å².